The highest BCUT2D eigenvalue weighted by Gasteiger charge is 2.34. The van der Waals surface area contributed by atoms with E-state index in [1.165, 1.54) is 10.9 Å². The van der Waals surface area contributed by atoms with Crippen LogP contribution in [0, 0.1) is 0 Å². The van der Waals surface area contributed by atoms with Gasteiger partial charge in [-0.25, -0.2) is 0 Å². The van der Waals surface area contributed by atoms with Gasteiger partial charge in [0.25, 0.3) is 5.91 Å². The maximum atomic E-state index is 13.4. The number of aromatic nitrogens is 1. The highest BCUT2D eigenvalue weighted by molar-refractivity contribution is 5.95. The molecular weight excluding hydrogens is 384 g/mol. The molecule has 1 amide bonds. The summed E-state index contributed by atoms with van der Waals surface area (Å²) in [5.41, 5.74) is 5.31. The predicted octanol–water partition coefficient (Wildman–Crippen LogP) is 6.24. The van der Waals surface area contributed by atoms with E-state index >= 15 is 0 Å². The first-order valence-electron chi connectivity index (χ1n) is 10.9. The van der Waals surface area contributed by atoms with Crippen LogP contribution in [0.3, 0.4) is 0 Å². The molecule has 2 heterocycles. The molecule has 160 valence electrons. The molecule has 0 fully saturated rings. The van der Waals surface area contributed by atoms with Gasteiger partial charge in [-0.2, -0.15) is 0 Å². The summed E-state index contributed by atoms with van der Waals surface area (Å²) >= 11 is 0. The molecule has 0 saturated carbocycles. The molecule has 1 N–H and O–H groups in total. The van der Waals surface area contributed by atoms with Gasteiger partial charge in [0, 0.05) is 30.1 Å². The number of fused-ring (bicyclic) bond motifs is 3. The molecule has 0 aliphatic carbocycles. The number of rotatable bonds is 3. The van der Waals surface area contributed by atoms with E-state index in [1.807, 2.05) is 67.3 Å². The topological polar surface area (TPSA) is 45.3 Å². The fourth-order valence-corrected chi connectivity index (χ4v) is 4.34. The molecule has 0 saturated heterocycles. The van der Waals surface area contributed by atoms with E-state index in [2.05, 4.69) is 35.3 Å². The normalized spacial score (nSPS) is 15.1. The average molecular weight is 415 g/mol. The first-order valence-corrected chi connectivity index (χ1v) is 10.9. The lowest BCUT2D eigenvalue weighted by atomic mass is 9.91. The van der Waals surface area contributed by atoms with Crippen LogP contribution in [0.25, 0.3) is 10.9 Å². The quantitative estimate of drug-likeness (QED) is 0.431. The number of carbonyl (C=O) groups excluding carboxylic acids is 1. The lowest BCUT2D eigenvalue weighted by Crippen LogP contribution is -2.40. The molecule has 1 unspecified atom stereocenters. The van der Waals surface area contributed by atoms with Crippen molar-refractivity contribution in [3.63, 3.8) is 0 Å². The summed E-state index contributed by atoms with van der Waals surface area (Å²) in [6.45, 7) is 4.68. The number of aromatic amines is 1. The second-order valence-electron chi connectivity index (χ2n) is 7.35. The van der Waals surface area contributed by atoms with Gasteiger partial charge in [0.2, 0.25) is 0 Å². The smallest absolute Gasteiger partial charge is 0.254 e. The van der Waals surface area contributed by atoms with Gasteiger partial charge in [-0.15, -0.1) is 0 Å². The average Bonchev–Trinajstić information content (AvgIpc) is 3.23. The summed E-state index contributed by atoms with van der Waals surface area (Å²) in [6, 6.07) is 25.7. The lowest BCUT2D eigenvalue weighted by Gasteiger charge is -2.36. The van der Waals surface area contributed by atoms with E-state index in [1.54, 1.807) is 7.11 Å². The van der Waals surface area contributed by atoms with E-state index in [-0.39, 0.29) is 13.4 Å². The first-order chi connectivity index (χ1) is 15.3. The van der Waals surface area contributed by atoms with Crippen LogP contribution >= 0.6 is 0 Å². The Hall–Kier alpha value is -3.53. The molecule has 1 aliphatic rings. The van der Waals surface area contributed by atoms with Crippen molar-refractivity contribution < 1.29 is 11.0 Å². The second-order valence-corrected chi connectivity index (χ2v) is 7.35. The van der Waals surface area contributed by atoms with Gasteiger partial charge >= 0.3 is 0 Å². The van der Waals surface area contributed by atoms with E-state index in [0.717, 1.165) is 28.9 Å². The highest BCUT2D eigenvalue weighted by atomic mass is 16.5. The molecule has 3 aromatic carbocycles. The molecule has 0 bridgehead atoms. The largest absolute Gasteiger partial charge is 0.497 e. The summed E-state index contributed by atoms with van der Waals surface area (Å²) in [5.74, 6) is 0.859. The van der Waals surface area contributed by atoms with Crippen molar-refractivity contribution in [1.82, 2.24) is 9.88 Å². The number of nitrogens with one attached hydrogen (secondary N) is 1. The van der Waals surface area contributed by atoms with Gasteiger partial charge < -0.3 is 14.6 Å². The number of H-pyrrole nitrogens is 1. The Bertz CT molecular complexity index is 1170. The van der Waals surface area contributed by atoms with Crippen LogP contribution in [-0.2, 0) is 6.42 Å². The summed E-state index contributed by atoms with van der Waals surface area (Å²) in [7, 11) is 1.66. The van der Waals surface area contributed by atoms with Crippen molar-refractivity contribution in [3.8, 4) is 5.75 Å². The summed E-state index contributed by atoms with van der Waals surface area (Å²) in [6.07, 6.45) is 0.838. The van der Waals surface area contributed by atoms with E-state index in [0.29, 0.717) is 12.1 Å². The van der Waals surface area contributed by atoms with E-state index in [9.17, 15) is 4.79 Å². The second kappa shape index (κ2) is 9.09. The number of nitrogens with zero attached hydrogens (tertiary/aromatic N) is 1. The number of benzene rings is 3. The van der Waals surface area contributed by atoms with E-state index in [4.69, 9.17) is 4.74 Å². The van der Waals surface area contributed by atoms with Crippen LogP contribution in [0.4, 0.5) is 0 Å². The van der Waals surface area contributed by atoms with Gasteiger partial charge in [-0.1, -0.05) is 62.4 Å². The van der Waals surface area contributed by atoms with Crippen molar-refractivity contribution in [2.24, 2.45) is 0 Å². The fourth-order valence-electron chi connectivity index (χ4n) is 4.34. The minimum atomic E-state index is -0.162. The minimum absolute atomic E-state index is 0. The predicted molar refractivity (Wildman–Crippen MR) is 128 cm³/mol. The Balaban J connectivity index is 0.000000938. The van der Waals surface area contributed by atoms with Crippen LogP contribution in [0.15, 0.2) is 78.9 Å². The van der Waals surface area contributed by atoms with Crippen LogP contribution in [0.1, 0.15) is 48.5 Å². The van der Waals surface area contributed by atoms with Gasteiger partial charge in [0.15, 0.2) is 0 Å². The third kappa shape index (κ3) is 3.81. The molecule has 0 radical (unpaired) electrons. The zero-order valence-corrected chi connectivity index (χ0v) is 18.3. The minimum Gasteiger partial charge on any atom is -0.497 e. The molecule has 1 aliphatic heterocycles. The molecule has 4 heteroatoms. The Morgan fingerprint density at radius 2 is 1.65 bits per heavy atom. The van der Waals surface area contributed by atoms with Crippen molar-refractivity contribution in [2.45, 2.75) is 26.3 Å². The summed E-state index contributed by atoms with van der Waals surface area (Å²) in [4.78, 5) is 19.0. The number of methoxy groups -OCH3 is 1. The number of hydrogen-bond donors (Lipinski definition) is 1. The SMILES string of the molecule is CC.COc1ccc(C2c3[nH]c4ccccc4c3CCN2C(=O)c2ccccc2)cc1.[HH]. The van der Waals surface area contributed by atoms with Crippen LogP contribution in [-0.4, -0.2) is 29.4 Å². The maximum absolute atomic E-state index is 13.4. The monoisotopic (exact) mass is 414 g/mol. The number of carbonyl (C=O) groups is 1. The first kappa shape index (κ1) is 20.7. The Morgan fingerprint density at radius 3 is 2.35 bits per heavy atom. The molecule has 1 atom stereocenters. The highest BCUT2D eigenvalue weighted by Crippen LogP contribution is 2.39. The van der Waals surface area contributed by atoms with Crippen LogP contribution in [0.5, 0.6) is 5.75 Å². The molecule has 4 nitrogen and oxygen atoms in total. The van der Waals surface area contributed by atoms with Crippen LogP contribution in [0.2, 0.25) is 0 Å². The van der Waals surface area contributed by atoms with Crippen LogP contribution < -0.4 is 4.74 Å². The fraction of sp³-hybridized carbons (Fsp3) is 0.222. The molecule has 0 spiro atoms. The number of para-hydroxylation sites is 1. The van der Waals surface area contributed by atoms with Crippen molar-refractivity contribution >= 4 is 16.8 Å². The van der Waals surface area contributed by atoms with Gasteiger partial charge in [-0.05, 0) is 47.9 Å². The number of amides is 1. The number of ether oxygens (including phenoxy) is 1. The van der Waals surface area contributed by atoms with Crippen molar-refractivity contribution in [2.75, 3.05) is 13.7 Å². The van der Waals surface area contributed by atoms with Crippen molar-refractivity contribution in [3.05, 3.63) is 101 Å². The van der Waals surface area contributed by atoms with Gasteiger partial charge in [-0.3, -0.25) is 4.79 Å². The van der Waals surface area contributed by atoms with E-state index < -0.39 is 0 Å². The maximum Gasteiger partial charge on any atom is 0.254 e. The Kier molecular flexibility index (Phi) is 6.08. The standard InChI is InChI=1S/C25H22N2O2.C2H6.H2/c1-29-19-13-11-17(12-14-19)24-23-21(20-9-5-6-10-22(20)26-23)15-16-27(24)25(28)18-7-3-2-4-8-18;1-2;/h2-14,24,26H,15-16H2,1H3;1-2H3;1H. The zero-order chi connectivity index (χ0) is 21.8. The van der Waals surface area contributed by atoms with Gasteiger partial charge in [0.05, 0.1) is 13.2 Å². The molecule has 4 aromatic rings. The third-order valence-electron chi connectivity index (χ3n) is 5.75. The molecule has 5 rings (SSSR count). The molecule has 31 heavy (non-hydrogen) atoms. The number of hydrogen-bond acceptors (Lipinski definition) is 2. The summed E-state index contributed by atoms with van der Waals surface area (Å²) < 4.78 is 5.33. The Labute approximate surface area is 185 Å². The molecular formula is C27H30N2O2. The third-order valence-corrected chi connectivity index (χ3v) is 5.75. The summed E-state index contributed by atoms with van der Waals surface area (Å²) in [5, 5.41) is 1.24. The molecule has 1 aromatic heterocycles. The van der Waals surface area contributed by atoms with Crippen molar-refractivity contribution in [1.29, 1.82) is 0 Å². The lowest BCUT2D eigenvalue weighted by molar-refractivity contribution is 0.0692. The Morgan fingerprint density at radius 1 is 0.968 bits per heavy atom. The van der Waals surface area contributed by atoms with Gasteiger partial charge in [0.1, 0.15) is 5.75 Å². The zero-order valence-electron chi connectivity index (χ0n) is 18.3.